The number of piperidine rings is 1. The first kappa shape index (κ1) is 23.4. The lowest BCUT2D eigenvalue weighted by atomic mass is 10.0. The fraction of sp³-hybridized carbons (Fsp3) is 0.417. The van der Waals surface area contributed by atoms with Crippen molar-refractivity contribution in [3.63, 3.8) is 0 Å². The molecule has 7 nitrogen and oxygen atoms in total. The van der Waals surface area contributed by atoms with Crippen molar-refractivity contribution >= 4 is 50.1 Å². The van der Waals surface area contributed by atoms with Crippen LogP contribution < -0.4 is 15.5 Å². The number of fused-ring (bicyclic) bond motifs is 1. The van der Waals surface area contributed by atoms with Crippen LogP contribution in [0.15, 0.2) is 35.1 Å². The topological polar surface area (TPSA) is 82.3 Å². The maximum absolute atomic E-state index is 14.4. The molecule has 1 saturated heterocycles. The van der Waals surface area contributed by atoms with Crippen LogP contribution in [0.25, 0.3) is 11.0 Å². The van der Waals surface area contributed by atoms with Gasteiger partial charge in [0.2, 0.25) is 0 Å². The molecule has 0 radical (unpaired) electrons. The molecule has 176 valence electrons. The van der Waals surface area contributed by atoms with E-state index in [0.717, 1.165) is 46.2 Å². The average Bonchev–Trinajstić information content (AvgIpc) is 3.12. The summed E-state index contributed by atoms with van der Waals surface area (Å²) in [7, 11) is 0. The van der Waals surface area contributed by atoms with Gasteiger partial charge in [-0.1, -0.05) is 6.07 Å². The molecule has 0 spiro atoms. The van der Waals surface area contributed by atoms with Crippen molar-refractivity contribution in [2.45, 2.75) is 52.2 Å². The first-order valence-electron chi connectivity index (χ1n) is 11.0. The second-order valence-electron chi connectivity index (χ2n) is 9.42. The predicted molar refractivity (Wildman–Crippen MR) is 133 cm³/mol. The number of ether oxygens (including phenoxy) is 1. The monoisotopic (exact) mass is 517 g/mol. The first-order valence-corrected chi connectivity index (χ1v) is 11.8. The van der Waals surface area contributed by atoms with Gasteiger partial charge in [0.1, 0.15) is 17.1 Å². The van der Waals surface area contributed by atoms with Gasteiger partial charge in [0.15, 0.2) is 0 Å². The number of carbonyl (C=O) groups excluding carboxylic acids is 1. The van der Waals surface area contributed by atoms with Crippen molar-refractivity contribution in [2.24, 2.45) is 0 Å². The number of carbonyl (C=O) groups is 1. The predicted octanol–water partition coefficient (Wildman–Crippen LogP) is 6.01. The minimum atomic E-state index is -0.546. The normalized spacial score (nSPS) is 16.7. The van der Waals surface area contributed by atoms with E-state index >= 15 is 0 Å². The maximum atomic E-state index is 14.4. The summed E-state index contributed by atoms with van der Waals surface area (Å²) in [4.78, 5) is 22.2. The van der Waals surface area contributed by atoms with Gasteiger partial charge in [0, 0.05) is 31.5 Å². The lowest BCUT2D eigenvalue weighted by Gasteiger charge is -2.36. The van der Waals surface area contributed by atoms with Gasteiger partial charge in [-0.3, -0.25) is 0 Å². The Labute approximate surface area is 201 Å². The number of aryl methyl sites for hydroxylation is 1. The molecule has 9 heteroatoms. The number of benzene rings is 1. The van der Waals surface area contributed by atoms with Crippen molar-refractivity contribution in [2.75, 3.05) is 23.3 Å². The number of hydrogen-bond acceptors (Lipinski definition) is 5. The number of hydrogen-bond donors (Lipinski definition) is 3. The van der Waals surface area contributed by atoms with Gasteiger partial charge in [0.05, 0.1) is 26.9 Å². The van der Waals surface area contributed by atoms with E-state index in [1.54, 1.807) is 24.5 Å². The Hall–Kier alpha value is -2.81. The number of pyridine rings is 1. The fourth-order valence-corrected chi connectivity index (χ4v) is 4.67. The quantitative estimate of drug-likeness (QED) is 0.394. The molecule has 3 N–H and O–H groups in total. The molecular formula is C24H29BrFN5O2. The molecule has 2 aromatic heterocycles. The summed E-state index contributed by atoms with van der Waals surface area (Å²) in [6.07, 6.45) is 4.93. The second-order valence-corrected chi connectivity index (χ2v) is 10.3. The smallest absolute Gasteiger partial charge is 0.407 e. The van der Waals surface area contributed by atoms with Gasteiger partial charge in [0.25, 0.3) is 0 Å². The SMILES string of the molecule is Cc1ccc(F)c(Nc2c[nH]c3ncc(Br)c(N4CCCC(NC(=O)OC(C)(C)C)C4)c23)c1. The molecule has 0 bridgehead atoms. The molecule has 1 amide bonds. The summed E-state index contributed by atoms with van der Waals surface area (Å²) in [5, 5.41) is 7.09. The fourth-order valence-electron chi connectivity index (χ4n) is 4.12. The van der Waals surface area contributed by atoms with Crippen LogP contribution in [0.4, 0.5) is 26.2 Å². The highest BCUT2D eigenvalue weighted by molar-refractivity contribution is 9.10. The van der Waals surface area contributed by atoms with E-state index in [1.165, 1.54) is 6.07 Å². The van der Waals surface area contributed by atoms with Crippen molar-refractivity contribution in [3.8, 4) is 0 Å². The molecule has 1 aromatic carbocycles. The van der Waals surface area contributed by atoms with Gasteiger partial charge in [-0.15, -0.1) is 0 Å². The summed E-state index contributed by atoms with van der Waals surface area (Å²) in [6.45, 7) is 8.93. The molecular weight excluding hydrogens is 489 g/mol. The van der Waals surface area contributed by atoms with Crippen molar-refractivity contribution in [1.82, 2.24) is 15.3 Å². The number of alkyl carbamates (subject to hydrolysis) is 1. The zero-order chi connectivity index (χ0) is 23.8. The Balaban J connectivity index is 1.63. The number of nitrogens with zero attached hydrogens (tertiary/aromatic N) is 2. The van der Waals surface area contributed by atoms with Crippen molar-refractivity contribution < 1.29 is 13.9 Å². The molecule has 1 fully saturated rings. The van der Waals surface area contributed by atoms with Crippen LogP contribution in [0.5, 0.6) is 0 Å². The molecule has 3 heterocycles. The molecule has 1 aliphatic heterocycles. The minimum absolute atomic E-state index is 0.0479. The lowest BCUT2D eigenvalue weighted by molar-refractivity contribution is 0.0500. The van der Waals surface area contributed by atoms with Crippen LogP contribution in [0, 0.1) is 12.7 Å². The van der Waals surface area contributed by atoms with Gasteiger partial charge < -0.3 is 25.3 Å². The van der Waals surface area contributed by atoms with Crippen molar-refractivity contribution in [1.29, 1.82) is 0 Å². The number of halogens is 2. The third-order valence-corrected chi connectivity index (χ3v) is 6.06. The van der Waals surface area contributed by atoms with E-state index in [9.17, 15) is 9.18 Å². The van der Waals surface area contributed by atoms with Gasteiger partial charge in [-0.25, -0.2) is 14.2 Å². The molecule has 0 aliphatic carbocycles. The van der Waals surface area contributed by atoms with E-state index in [0.29, 0.717) is 17.9 Å². The first-order chi connectivity index (χ1) is 15.6. The third-order valence-electron chi connectivity index (χ3n) is 5.48. The lowest BCUT2D eigenvalue weighted by Crippen LogP contribution is -2.49. The number of H-pyrrole nitrogens is 1. The summed E-state index contributed by atoms with van der Waals surface area (Å²) in [5.74, 6) is -0.320. The van der Waals surface area contributed by atoms with Crippen LogP contribution in [0.1, 0.15) is 39.2 Å². The molecule has 1 atom stereocenters. The van der Waals surface area contributed by atoms with Gasteiger partial charge in [-0.05, 0) is 74.2 Å². The molecule has 4 rings (SSSR count). The third kappa shape index (κ3) is 5.40. The Morgan fingerprint density at radius 3 is 2.88 bits per heavy atom. The van der Waals surface area contributed by atoms with E-state index in [1.807, 2.05) is 27.7 Å². The average molecular weight is 518 g/mol. The largest absolute Gasteiger partial charge is 0.444 e. The molecule has 1 aliphatic rings. The van der Waals surface area contributed by atoms with Crippen LogP contribution >= 0.6 is 15.9 Å². The summed E-state index contributed by atoms with van der Waals surface area (Å²) in [6, 6.07) is 4.93. The Kier molecular flexibility index (Phi) is 6.52. The number of amides is 1. The second kappa shape index (κ2) is 9.21. The number of aromatic nitrogens is 2. The van der Waals surface area contributed by atoms with E-state index in [-0.39, 0.29) is 11.9 Å². The minimum Gasteiger partial charge on any atom is -0.444 e. The molecule has 0 saturated carbocycles. The van der Waals surface area contributed by atoms with E-state index in [4.69, 9.17) is 4.74 Å². The summed E-state index contributed by atoms with van der Waals surface area (Å²) >= 11 is 3.66. The van der Waals surface area contributed by atoms with Crippen LogP contribution in [0.2, 0.25) is 0 Å². The van der Waals surface area contributed by atoms with Crippen molar-refractivity contribution in [3.05, 3.63) is 46.4 Å². The number of nitrogens with one attached hydrogen (secondary N) is 3. The Morgan fingerprint density at radius 2 is 2.12 bits per heavy atom. The summed E-state index contributed by atoms with van der Waals surface area (Å²) < 4.78 is 20.7. The molecule has 3 aromatic rings. The van der Waals surface area contributed by atoms with E-state index < -0.39 is 11.7 Å². The highest BCUT2D eigenvalue weighted by Gasteiger charge is 2.27. The van der Waals surface area contributed by atoms with Crippen LogP contribution in [-0.4, -0.2) is 40.8 Å². The van der Waals surface area contributed by atoms with E-state index in [2.05, 4.69) is 41.4 Å². The standard InChI is InChI=1S/C24H29BrFN5O2/c1-14-7-8-17(26)18(10-14)30-19-12-28-22-20(19)21(16(25)11-27-22)31-9-5-6-15(13-31)29-23(32)33-24(2,3)4/h7-8,10-12,15,30H,5-6,9,13H2,1-4H3,(H,27,28)(H,29,32). The highest BCUT2D eigenvalue weighted by Crippen LogP contribution is 2.40. The number of anilines is 3. The number of rotatable bonds is 4. The highest BCUT2D eigenvalue weighted by atomic mass is 79.9. The zero-order valence-electron chi connectivity index (χ0n) is 19.3. The van der Waals surface area contributed by atoms with Crippen LogP contribution in [0.3, 0.4) is 0 Å². The zero-order valence-corrected chi connectivity index (χ0v) is 20.8. The molecule has 1 unspecified atom stereocenters. The number of aromatic amines is 1. The van der Waals surface area contributed by atoms with Gasteiger partial charge >= 0.3 is 6.09 Å². The van der Waals surface area contributed by atoms with Gasteiger partial charge in [-0.2, -0.15) is 0 Å². The Morgan fingerprint density at radius 1 is 1.33 bits per heavy atom. The van der Waals surface area contributed by atoms with Crippen LogP contribution in [-0.2, 0) is 4.74 Å². The Bertz CT molecular complexity index is 1170. The molecule has 33 heavy (non-hydrogen) atoms. The maximum Gasteiger partial charge on any atom is 0.407 e. The summed E-state index contributed by atoms with van der Waals surface area (Å²) in [5.41, 5.74) is 3.21.